The summed E-state index contributed by atoms with van der Waals surface area (Å²) in [4.78, 5) is 22.7. The largest absolute Gasteiger partial charge is 0.481 e. The number of nitrogens with two attached hydrogens (primary N) is 1. The smallest absolute Gasteiger partial charge is 0.308 e. The molecular formula is C12H22N2O3. The minimum Gasteiger partial charge on any atom is -0.481 e. The van der Waals surface area contributed by atoms with Crippen LogP contribution in [0, 0.1) is 5.92 Å². The van der Waals surface area contributed by atoms with Crippen molar-refractivity contribution in [1.29, 1.82) is 0 Å². The molecule has 1 rings (SSSR count). The SMILES string of the molecule is CCCC[C@H](N)C(=O)NC1CCCC1C(=O)O. The van der Waals surface area contributed by atoms with Crippen LogP contribution in [0.5, 0.6) is 0 Å². The lowest BCUT2D eigenvalue weighted by Crippen LogP contribution is -2.47. The van der Waals surface area contributed by atoms with Crippen molar-refractivity contribution in [3.8, 4) is 0 Å². The highest BCUT2D eigenvalue weighted by Gasteiger charge is 2.34. The predicted octanol–water partition coefficient (Wildman–Crippen LogP) is 0.873. The molecule has 1 fully saturated rings. The van der Waals surface area contributed by atoms with Crippen LogP contribution >= 0.6 is 0 Å². The van der Waals surface area contributed by atoms with Gasteiger partial charge in [-0.25, -0.2) is 0 Å². The van der Waals surface area contributed by atoms with Gasteiger partial charge in [-0.2, -0.15) is 0 Å². The lowest BCUT2D eigenvalue weighted by atomic mass is 10.0. The van der Waals surface area contributed by atoms with Gasteiger partial charge in [-0.05, 0) is 19.3 Å². The maximum Gasteiger partial charge on any atom is 0.308 e. The van der Waals surface area contributed by atoms with Gasteiger partial charge in [0.05, 0.1) is 12.0 Å². The number of carbonyl (C=O) groups is 2. The van der Waals surface area contributed by atoms with Crippen molar-refractivity contribution < 1.29 is 14.7 Å². The summed E-state index contributed by atoms with van der Waals surface area (Å²) >= 11 is 0. The van der Waals surface area contributed by atoms with E-state index < -0.39 is 17.9 Å². The van der Waals surface area contributed by atoms with E-state index in [0.717, 1.165) is 25.7 Å². The normalized spacial score (nSPS) is 25.5. The van der Waals surface area contributed by atoms with E-state index in [1.165, 1.54) is 0 Å². The zero-order valence-corrected chi connectivity index (χ0v) is 10.3. The minimum atomic E-state index is -0.824. The minimum absolute atomic E-state index is 0.211. The van der Waals surface area contributed by atoms with Crippen LogP contribution in [0.4, 0.5) is 0 Å². The van der Waals surface area contributed by atoms with Crippen LogP contribution in [0.2, 0.25) is 0 Å². The van der Waals surface area contributed by atoms with Crippen molar-refractivity contribution >= 4 is 11.9 Å². The first-order valence-electron chi connectivity index (χ1n) is 6.35. The van der Waals surface area contributed by atoms with E-state index in [4.69, 9.17) is 10.8 Å². The van der Waals surface area contributed by atoms with Gasteiger partial charge in [0.2, 0.25) is 5.91 Å². The first-order chi connectivity index (χ1) is 8.06. The van der Waals surface area contributed by atoms with Crippen LogP contribution < -0.4 is 11.1 Å². The number of unbranched alkanes of at least 4 members (excludes halogenated alkanes) is 1. The average Bonchev–Trinajstić information content (AvgIpc) is 2.73. The van der Waals surface area contributed by atoms with Crippen LogP contribution in [-0.2, 0) is 9.59 Å². The predicted molar refractivity (Wildman–Crippen MR) is 64.4 cm³/mol. The third-order valence-corrected chi connectivity index (χ3v) is 3.37. The molecule has 0 aromatic rings. The van der Waals surface area contributed by atoms with Crippen molar-refractivity contribution in [2.24, 2.45) is 11.7 Å². The molecule has 5 heteroatoms. The highest BCUT2D eigenvalue weighted by molar-refractivity contribution is 5.82. The summed E-state index contributed by atoms with van der Waals surface area (Å²) in [6.45, 7) is 2.04. The lowest BCUT2D eigenvalue weighted by Gasteiger charge is -2.20. The molecule has 3 atom stereocenters. The van der Waals surface area contributed by atoms with Gasteiger partial charge in [0, 0.05) is 6.04 Å². The molecule has 0 heterocycles. The number of carboxylic acids is 1. The van der Waals surface area contributed by atoms with Gasteiger partial charge in [-0.3, -0.25) is 9.59 Å². The van der Waals surface area contributed by atoms with Gasteiger partial charge in [0.1, 0.15) is 0 Å². The van der Waals surface area contributed by atoms with Crippen molar-refractivity contribution in [3.63, 3.8) is 0 Å². The van der Waals surface area contributed by atoms with Gasteiger partial charge in [0.25, 0.3) is 0 Å². The molecular weight excluding hydrogens is 220 g/mol. The van der Waals surface area contributed by atoms with Gasteiger partial charge in [-0.1, -0.05) is 26.2 Å². The Balaban J connectivity index is 2.42. The highest BCUT2D eigenvalue weighted by Crippen LogP contribution is 2.25. The Kier molecular flexibility index (Phi) is 5.41. The molecule has 0 bridgehead atoms. The molecule has 1 aliphatic rings. The van der Waals surface area contributed by atoms with Crippen LogP contribution in [0.3, 0.4) is 0 Å². The van der Waals surface area contributed by atoms with Crippen LogP contribution in [0.15, 0.2) is 0 Å². The molecule has 98 valence electrons. The average molecular weight is 242 g/mol. The second-order valence-corrected chi connectivity index (χ2v) is 4.74. The number of carbonyl (C=O) groups excluding carboxylic acids is 1. The Morgan fingerprint density at radius 1 is 1.47 bits per heavy atom. The molecule has 0 aromatic carbocycles. The first kappa shape index (κ1) is 14.0. The van der Waals surface area contributed by atoms with Crippen LogP contribution in [0.1, 0.15) is 45.4 Å². The molecule has 17 heavy (non-hydrogen) atoms. The number of carboxylic acid groups (broad SMARTS) is 1. The summed E-state index contributed by atoms with van der Waals surface area (Å²) in [6, 6.07) is -0.752. The van der Waals surface area contributed by atoms with Crippen molar-refractivity contribution in [1.82, 2.24) is 5.32 Å². The Morgan fingerprint density at radius 2 is 2.18 bits per heavy atom. The van der Waals surface area contributed by atoms with Crippen molar-refractivity contribution in [2.45, 2.75) is 57.5 Å². The van der Waals surface area contributed by atoms with Gasteiger partial charge < -0.3 is 16.2 Å². The quantitative estimate of drug-likeness (QED) is 0.644. The number of hydrogen-bond acceptors (Lipinski definition) is 3. The first-order valence-corrected chi connectivity index (χ1v) is 6.35. The molecule has 1 amide bonds. The Morgan fingerprint density at radius 3 is 2.76 bits per heavy atom. The second-order valence-electron chi connectivity index (χ2n) is 4.74. The van der Waals surface area contributed by atoms with Gasteiger partial charge in [0.15, 0.2) is 0 Å². The summed E-state index contributed by atoms with van der Waals surface area (Å²) in [5.74, 6) is -1.48. The monoisotopic (exact) mass is 242 g/mol. The molecule has 0 saturated heterocycles. The third-order valence-electron chi connectivity index (χ3n) is 3.37. The standard InChI is InChI=1S/C12H22N2O3/c1-2-3-6-9(13)11(15)14-10-7-4-5-8(10)12(16)17/h8-10H,2-7,13H2,1H3,(H,14,15)(H,16,17)/t8?,9-,10?/m0/s1. The topological polar surface area (TPSA) is 92.4 Å². The number of amides is 1. The van der Waals surface area contributed by atoms with E-state index in [0.29, 0.717) is 12.8 Å². The Hall–Kier alpha value is -1.10. The molecule has 0 radical (unpaired) electrons. The van der Waals surface area contributed by atoms with E-state index in [-0.39, 0.29) is 11.9 Å². The Bertz CT molecular complexity index is 281. The Labute approximate surface area is 102 Å². The fourth-order valence-corrected chi connectivity index (χ4v) is 2.27. The van der Waals surface area contributed by atoms with E-state index in [2.05, 4.69) is 5.32 Å². The van der Waals surface area contributed by atoms with E-state index >= 15 is 0 Å². The third kappa shape index (κ3) is 4.00. The molecule has 0 aromatic heterocycles. The molecule has 1 aliphatic carbocycles. The molecule has 5 nitrogen and oxygen atoms in total. The number of rotatable bonds is 6. The zero-order chi connectivity index (χ0) is 12.8. The second kappa shape index (κ2) is 6.59. The summed E-state index contributed by atoms with van der Waals surface area (Å²) in [6.07, 6.45) is 4.82. The summed E-state index contributed by atoms with van der Waals surface area (Å²) in [5, 5.41) is 11.8. The summed E-state index contributed by atoms with van der Waals surface area (Å²) in [7, 11) is 0. The summed E-state index contributed by atoms with van der Waals surface area (Å²) in [5.41, 5.74) is 5.74. The van der Waals surface area contributed by atoms with Crippen LogP contribution in [-0.4, -0.2) is 29.1 Å². The molecule has 1 saturated carbocycles. The van der Waals surface area contributed by atoms with E-state index in [1.807, 2.05) is 6.92 Å². The number of hydrogen-bond donors (Lipinski definition) is 3. The number of aliphatic carboxylic acids is 1. The number of nitrogens with one attached hydrogen (secondary N) is 1. The highest BCUT2D eigenvalue weighted by atomic mass is 16.4. The molecule has 2 unspecified atom stereocenters. The van der Waals surface area contributed by atoms with E-state index in [9.17, 15) is 9.59 Å². The maximum absolute atomic E-state index is 11.7. The zero-order valence-electron chi connectivity index (χ0n) is 10.3. The summed E-state index contributed by atoms with van der Waals surface area (Å²) < 4.78 is 0. The van der Waals surface area contributed by atoms with Crippen LogP contribution in [0.25, 0.3) is 0 Å². The molecule has 0 spiro atoms. The van der Waals surface area contributed by atoms with Gasteiger partial charge >= 0.3 is 5.97 Å². The maximum atomic E-state index is 11.7. The lowest BCUT2D eigenvalue weighted by molar-refractivity contribution is -0.142. The van der Waals surface area contributed by atoms with Gasteiger partial charge in [-0.15, -0.1) is 0 Å². The fraction of sp³-hybridized carbons (Fsp3) is 0.833. The molecule has 0 aliphatic heterocycles. The fourth-order valence-electron chi connectivity index (χ4n) is 2.27. The molecule has 4 N–H and O–H groups in total. The van der Waals surface area contributed by atoms with E-state index in [1.54, 1.807) is 0 Å². The van der Waals surface area contributed by atoms with Crippen molar-refractivity contribution in [2.75, 3.05) is 0 Å². The van der Waals surface area contributed by atoms with Crippen molar-refractivity contribution in [3.05, 3.63) is 0 Å².